The number of carbonyl (C=O) groups is 1. The third-order valence-corrected chi connectivity index (χ3v) is 13.4. The molecule has 9 unspecified atom stereocenters. The van der Waals surface area contributed by atoms with Crippen LogP contribution < -0.4 is 5.32 Å². The summed E-state index contributed by atoms with van der Waals surface area (Å²) in [5.41, 5.74) is 0. The maximum absolute atomic E-state index is 13.1. The molecule has 0 aromatic carbocycles. The van der Waals surface area contributed by atoms with Crippen LogP contribution in [0.4, 0.5) is 0 Å². The van der Waals surface area contributed by atoms with Crippen LogP contribution in [0.2, 0.25) is 0 Å². The fourth-order valence-corrected chi connectivity index (χ4v) is 8.97. The molecular weight excluding hydrogens is 799 g/mol. The third kappa shape index (κ3) is 31.7. The van der Waals surface area contributed by atoms with Gasteiger partial charge in [0.15, 0.2) is 6.29 Å². The molecule has 9 atom stereocenters. The predicted molar refractivity (Wildman–Crippen MR) is 256 cm³/mol. The third-order valence-electron chi connectivity index (χ3n) is 13.4. The quantitative estimate of drug-likeness (QED) is 0.0273. The molecule has 0 bridgehead atoms. The summed E-state index contributed by atoms with van der Waals surface area (Å²) in [6, 6.07) is -1.16. The van der Waals surface area contributed by atoms with Crippen molar-refractivity contribution in [3.8, 4) is 0 Å². The van der Waals surface area contributed by atoms with Crippen molar-refractivity contribution >= 4 is 5.91 Å². The lowest BCUT2D eigenvalue weighted by atomic mass is 9.98. The molecule has 1 fully saturated rings. The number of unbranched alkanes of at least 4 members (excludes halogenated alkanes) is 34. The van der Waals surface area contributed by atoms with Crippen LogP contribution in [0, 0.1) is 0 Å². The van der Waals surface area contributed by atoms with Gasteiger partial charge >= 0.3 is 0 Å². The topological polar surface area (TPSA) is 189 Å². The van der Waals surface area contributed by atoms with Crippen molar-refractivity contribution in [3.05, 3.63) is 0 Å². The van der Waals surface area contributed by atoms with E-state index >= 15 is 0 Å². The van der Waals surface area contributed by atoms with Gasteiger partial charge in [0.2, 0.25) is 5.91 Å². The first-order chi connectivity index (χ1) is 30.7. The standard InChI is InChI=1S/C52H103NO10/c1-3-5-7-9-11-13-15-17-18-19-20-21-22-23-24-25-26-28-29-31-33-35-37-39-44(55)47(57)43(42-62-52-50(60)49(59)48(58)46(41-54)63-52)53-51(61)45(56)40-38-36-34-32-30-27-16-14-12-10-8-6-4-2/h43-50,52,54-60H,3-42H2,1-2H3,(H,53,61). The summed E-state index contributed by atoms with van der Waals surface area (Å²) in [5, 5.41) is 75.9. The van der Waals surface area contributed by atoms with E-state index in [1.165, 1.54) is 180 Å². The van der Waals surface area contributed by atoms with Gasteiger partial charge in [-0.2, -0.15) is 0 Å². The zero-order chi connectivity index (χ0) is 46.2. The fourth-order valence-electron chi connectivity index (χ4n) is 8.97. The Kier molecular flexibility index (Phi) is 40.5. The number of aliphatic hydroxyl groups is 7. The molecule has 1 saturated heterocycles. The minimum Gasteiger partial charge on any atom is -0.394 e. The first-order valence-corrected chi connectivity index (χ1v) is 26.9. The number of carbonyl (C=O) groups excluding carboxylic acids is 1. The van der Waals surface area contributed by atoms with Crippen LogP contribution in [0.3, 0.4) is 0 Å². The molecule has 1 rings (SSSR count). The van der Waals surface area contributed by atoms with E-state index in [2.05, 4.69) is 19.2 Å². The Labute approximate surface area is 386 Å². The van der Waals surface area contributed by atoms with E-state index in [4.69, 9.17) is 9.47 Å². The highest BCUT2D eigenvalue weighted by Gasteiger charge is 2.44. The summed E-state index contributed by atoms with van der Waals surface area (Å²) in [4.78, 5) is 13.1. The van der Waals surface area contributed by atoms with Crippen LogP contribution in [-0.2, 0) is 14.3 Å². The largest absolute Gasteiger partial charge is 0.394 e. The molecule has 11 nitrogen and oxygen atoms in total. The first-order valence-electron chi connectivity index (χ1n) is 26.9. The van der Waals surface area contributed by atoms with Gasteiger partial charge in [-0.1, -0.05) is 245 Å². The SMILES string of the molecule is CCCCCCCCCCCCCCCCCCCCCCCCCC(O)C(O)C(COC1OC(CO)C(O)C(O)C1O)NC(=O)C(O)CCCCCCCCCCCCCCC. The van der Waals surface area contributed by atoms with Crippen molar-refractivity contribution in [2.45, 2.75) is 313 Å². The summed E-state index contributed by atoms with van der Waals surface area (Å²) >= 11 is 0. The molecule has 11 heteroatoms. The first kappa shape index (κ1) is 60.1. The molecule has 0 aromatic rings. The van der Waals surface area contributed by atoms with E-state index in [0.29, 0.717) is 19.3 Å². The number of nitrogens with one attached hydrogen (secondary N) is 1. The van der Waals surface area contributed by atoms with E-state index in [1.54, 1.807) is 0 Å². The molecule has 0 radical (unpaired) electrons. The highest BCUT2D eigenvalue weighted by Crippen LogP contribution is 2.23. The second-order valence-electron chi connectivity index (χ2n) is 19.3. The minimum absolute atomic E-state index is 0.266. The predicted octanol–water partition coefficient (Wildman–Crippen LogP) is 10.2. The van der Waals surface area contributed by atoms with Gasteiger partial charge in [-0.05, 0) is 12.8 Å². The normalized spacial score (nSPS) is 21.1. The van der Waals surface area contributed by atoms with E-state index in [9.17, 15) is 40.5 Å². The van der Waals surface area contributed by atoms with Gasteiger partial charge in [-0.3, -0.25) is 4.79 Å². The number of rotatable bonds is 46. The molecule has 1 aliphatic rings. The van der Waals surface area contributed by atoms with Gasteiger partial charge in [-0.15, -0.1) is 0 Å². The average Bonchev–Trinajstić information content (AvgIpc) is 3.28. The van der Waals surface area contributed by atoms with E-state index in [1.807, 2.05) is 0 Å². The second-order valence-corrected chi connectivity index (χ2v) is 19.3. The Morgan fingerprint density at radius 2 is 0.825 bits per heavy atom. The minimum atomic E-state index is -1.66. The highest BCUT2D eigenvalue weighted by atomic mass is 16.7. The number of hydrogen-bond acceptors (Lipinski definition) is 10. The Hall–Kier alpha value is -0.890. The second kappa shape index (κ2) is 42.5. The molecule has 0 saturated carbocycles. The highest BCUT2D eigenvalue weighted by molar-refractivity contribution is 5.80. The van der Waals surface area contributed by atoms with Gasteiger partial charge in [-0.25, -0.2) is 0 Å². The average molecular weight is 902 g/mol. The molecule has 0 aliphatic carbocycles. The molecular formula is C52H103NO10. The van der Waals surface area contributed by atoms with Crippen molar-refractivity contribution in [1.82, 2.24) is 5.32 Å². The van der Waals surface area contributed by atoms with E-state index < -0.39 is 74.2 Å². The Bertz CT molecular complexity index is 991. The van der Waals surface area contributed by atoms with Crippen LogP contribution >= 0.6 is 0 Å². The van der Waals surface area contributed by atoms with E-state index in [-0.39, 0.29) is 6.42 Å². The van der Waals surface area contributed by atoms with Gasteiger partial charge in [0.1, 0.15) is 36.6 Å². The van der Waals surface area contributed by atoms with Gasteiger partial charge < -0.3 is 50.5 Å². The molecule has 63 heavy (non-hydrogen) atoms. The van der Waals surface area contributed by atoms with Crippen LogP contribution in [0.5, 0.6) is 0 Å². The fraction of sp³-hybridized carbons (Fsp3) is 0.981. The summed E-state index contributed by atoms with van der Waals surface area (Å²) in [6.07, 6.45) is 34.4. The lowest BCUT2D eigenvalue weighted by molar-refractivity contribution is -0.303. The van der Waals surface area contributed by atoms with Crippen molar-refractivity contribution in [2.75, 3.05) is 13.2 Å². The Balaban J connectivity index is 2.32. The summed E-state index contributed by atoms with van der Waals surface area (Å²) in [5.74, 6) is -0.692. The van der Waals surface area contributed by atoms with Crippen molar-refractivity contribution in [2.24, 2.45) is 0 Å². The molecule has 1 amide bonds. The van der Waals surface area contributed by atoms with Gasteiger partial charge in [0, 0.05) is 0 Å². The summed E-state index contributed by atoms with van der Waals surface area (Å²) in [7, 11) is 0. The molecule has 8 N–H and O–H groups in total. The maximum Gasteiger partial charge on any atom is 0.249 e. The van der Waals surface area contributed by atoms with Crippen molar-refractivity contribution < 1.29 is 50.0 Å². The number of amides is 1. The molecule has 1 heterocycles. The van der Waals surface area contributed by atoms with Crippen molar-refractivity contribution in [1.29, 1.82) is 0 Å². The Morgan fingerprint density at radius 1 is 0.492 bits per heavy atom. The zero-order valence-corrected chi connectivity index (χ0v) is 40.8. The number of hydrogen-bond donors (Lipinski definition) is 8. The lowest BCUT2D eigenvalue weighted by Crippen LogP contribution is -2.60. The van der Waals surface area contributed by atoms with Crippen molar-refractivity contribution in [3.63, 3.8) is 0 Å². The lowest BCUT2D eigenvalue weighted by Gasteiger charge is -2.40. The smallest absolute Gasteiger partial charge is 0.249 e. The monoisotopic (exact) mass is 902 g/mol. The molecule has 0 spiro atoms. The van der Waals surface area contributed by atoms with Gasteiger partial charge in [0.05, 0.1) is 25.4 Å². The molecule has 0 aromatic heterocycles. The Morgan fingerprint density at radius 3 is 1.17 bits per heavy atom. The van der Waals surface area contributed by atoms with Crippen LogP contribution in [0.25, 0.3) is 0 Å². The van der Waals surface area contributed by atoms with E-state index in [0.717, 1.165) is 38.5 Å². The maximum atomic E-state index is 13.1. The summed E-state index contributed by atoms with van der Waals surface area (Å²) < 4.78 is 11.1. The van der Waals surface area contributed by atoms with Crippen LogP contribution in [-0.4, -0.2) is 110 Å². The van der Waals surface area contributed by atoms with Crippen LogP contribution in [0.1, 0.15) is 258 Å². The number of ether oxygens (including phenoxy) is 2. The number of aliphatic hydroxyl groups excluding tert-OH is 7. The zero-order valence-electron chi connectivity index (χ0n) is 40.8. The van der Waals surface area contributed by atoms with Crippen LogP contribution in [0.15, 0.2) is 0 Å². The molecule has 1 aliphatic heterocycles. The summed E-state index contributed by atoms with van der Waals surface area (Å²) in [6.45, 7) is 3.47. The van der Waals surface area contributed by atoms with Gasteiger partial charge in [0.25, 0.3) is 0 Å². The molecule has 376 valence electrons.